The number of para-hydroxylation sites is 1. The summed E-state index contributed by atoms with van der Waals surface area (Å²) in [4.78, 5) is 23.0. The maximum Gasteiger partial charge on any atom is 0.278 e. The number of halogens is 2. The zero-order valence-corrected chi connectivity index (χ0v) is 15.1. The summed E-state index contributed by atoms with van der Waals surface area (Å²) in [6.45, 7) is 0.654. The summed E-state index contributed by atoms with van der Waals surface area (Å²) in [6, 6.07) is 13.0. The Bertz CT molecular complexity index is 955. The van der Waals surface area contributed by atoms with E-state index in [0.717, 1.165) is 12.1 Å². The molecule has 0 radical (unpaired) electrons. The minimum absolute atomic E-state index is 0.153. The van der Waals surface area contributed by atoms with E-state index >= 15 is 0 Å². The predicted molar refractivity (Wildman–Crippen MR) is 104 cm³/mol. The van der Waals surface area contributed by atoms with Crippen LogP contribution in [-0.2, 0) is 6.42 Å². The van der Waals surface area contributed by atoms with Crippen molar-refractivity contribution in [3.63, 3.8) is 0 Å². The molecule has 7 heteroatoms. The minimum atomic E-state index is -0.153. The molecule has 0 spiro atoms. The second kappa shape index (κ2) is 6.94. The molecule has 1 amide bonds. The van der Waals surface area contributed by atoms with Crippen LogP contribution in [0.2, 0.25) is 10.0 Å². The fourth-order valence-corrected chi connectivity index (χ4v) is 3.49. The molecule has 0 aliphatic carbocycles. The van der Waals surface area contributed by atoms with E-state index in [1.807, 2.05) is 24.3 Å². The number of hydrogen-bond donors (Lipinski definition) is 1. The van der Waals surface area contributed by atoms with Gasteiger partial charge in [0.15, 0.2) is 0 Å². The Morgan fingerprint density at radius 2 is 1.81 bits per heavy atom. The van der Waals surface area contributed by atoms with Crippen LogP contribution in [0.4, 0.5) is 17.2 Å². The number of nitrogens with one attached hydrogen (secondary N) is 1. The van der Waals surface area contributed by atoms with Gasteiger partial charge in [0, 0.05) is 28.0 Å². The lowest BCUT2D eigenvalue weighted by Gasteiger charge is -2.16. The quantitative estimate of drug-likeness (QED) is 0.708. The molecule has 2 heterocycles. The molecule has 0 fully saturated rings. The highest BCUT2D eigenvalue weighted by molar-refractivity contribution is 6.35. The zero-order valence-electron chi connectivity index (χ0n) is 13.6. The predicted octanol–water partition coefficient (Wildman–Crippen LogP) is 4.73. The summed E-state index contributed by atoms with van der Waals surface area (Å²) >= 11 is 12.0. The molecule has 1 aliphatic rings. The monoisotopic (exact) mass is 384 g/mol. The first-order chi connectivity index (χ1) is 12.6. The number of amides is 1. The smallest absolute Gasteiger partial charge is 0.278 e. The molecule has 3 aromatic rings. The topological polar surface area (TPSA) is 58.1 Å². The van der Waals surface area contributed by atoms with Crippen molar-refractivity contribution in [1.29, 1.82) is 0 Å². The van der Waals surface area contributed by atoms with Crippen LogP contribution in [0.25, 0.3) is 0 Å². The van der Waals surface area contributed by atoms with Crippen molar-refractivity contribution >= 4 is 46.3 Å². The van der Waals surface area contributed by atoms with Gasteiger partial charge in [-0.1, -0.05) is 41.4 Å². The largest absolute Gasteiger partial charge is 0.339 e. The summed E-state index contributed by atoms with van der Waals surface area (Å²) in [6.07, 6.45) is 3.84. The standard InChI is InChI=1S/C19H14Cl2N4O/c20-13-7-14(21)9-15(8-13)24-18-11-22-16(10-23-18)19(26)25-6-5-12-3-1-2-4-17(12)25/h1-4,7-11H,5-6H2,(H,23,24). The SMILES string of the molecule is O=C(c1cnc(Nc2cc(Cl)cc(Cl)c2)cn1)N1CCc2ccccc21. The van der Waals surface area contributed by atoms with Gasteiger partial charge in [-0.2, -0.15) is 0 Å². The van der Waals surface area contributed by atoms with Crippen LogP contribution in [0, 0.1) is 0 Å². The van der Waals surface area contributed by atoms with Gasteiger partial charge < -0.3 is 10.2 Å². The Labute approximate surface area is 160 Å². The van der Waals surface area contributed by atoms with E-state index in [4.69, 9.17) is 23.2 Å². The minimum Gasteiger partial charge on any atom is -0.339 e. The highest BCUT2D eigenvalue weighted by Gasteiger charge is 2.26. The van der Waals surface area contributed by atoms with Crippen molar-refractivity contribution in [1.82, 2.24) is 9.97 Å². The molecule has 0 saturated carbocycles. The molecule has 5 nitrogen and oxygen atoms in total. The molecule has 0 atom stereocenters. The molecular formula is C19H14Cl2N4O. The number of benzene rings is 2. The van der Waals surface area contributed by atoms with Crippen molar-refractivity contribution in [2.45, 2.75) is 6.42 Å². The van der Waals surface area contributed by atoms with Crippen LogP contribution in [0.5, 0.6) is 0 Å². The van der Waals surface area contributed by atoms with Gasteiger partial charge in [-0.3, -0.25) is 4.79 Å². The van der Waals surface area contributed by atoms with Gasteiger partial charge in [0.1, 0.15) is 11.5 Å². The lowest BCUT2D eigenvalue weighted by Crippen LogP contribution is -2.29. The molecule has 1 aromatic heterocycles. The fraction of sp³-hybridized carbons (Fsp3) is 0.105. The Hall–Kier alpha value is -2.63. The Morgan fingerprint density at radius 3 is 2.54 bits per heavy atom. The van der Waals surface area contributed by atoms with Crippen LogP contribution in [0.15, 0.2) is 54.9 Å². The molecule has 130 valence electrons. The van der Waals surface area contributed by atoms with E-state index in [9.17, 15) is 4.79 Å². The average molecular weight is 385 g/mol. The van der Waals surface area contributed by atoms with E-state index < -0.39 is 0 Å². The van der Waals surface area contributed by atoms with Gasteiger partial charge in [0.2, 0.25) is 0 Å². The molecule has 1 aliphatic heterocycles. The van der Waals surface area contributed by atoms with Crippen LogP contribution in [0.1, 0.15) is 16.1 Å². The molecule has 0 saturated heterocycles. The van der Waals surface area contributed by atoms with Gasteiger partial charge in [-0.05, 0) is 36.2 Å². The van der Waals surface area contributed by atoms with Gasteiger partial charge in [0.05, 0.1) is 12.4 Å². The fourth-order valence-electron chi connectivity index (χ4n) is 2.96. The normalized spacial score (nSPS) is 12.8. The maximum absolute atomic E-state index is 12.7. The summed E-state index contributed by atoms with van der Waals surface area (Å²) in [5.41, 5.74) is 3.11. The molecule has 0 bridgehead atoms. The summed E-state index contributed by atoms with van der Waals surface area (Å²) < 4.78 is 0. The van der Waals surface area contributed by atoms with Crippen molar-refractivity contribution in [2.75, 3.05) is 16.8 Å². The molecular weight excluding hydrogens is 371 g/mol. The van der Waals surface area contributed by atoms with Crippen LogP contribution in [-0.4, -0.2) is 22.4 Å². The number of anilines is 3. The third-order valence-corrected chi connectivity index (χ3v) is 4.57. The highest BCUT2D eigenvalue weighted by atomic mass is 35.5. The van der Waals surface area contributed by atoms with Crippen molar-refractivity contribution in [2.24, 2.45) is 0 Å². The maximum atomic E-state index is 12.7. The first-order valence-electron chi connectivity index (χ1n) is 8.05. The Morgan fingerprint density at radius 1 is 1.04 bits per heavy atom. The Kier molecular flexibility index (Phi) is 4.49. The second-order valence-corrected chi connectivity index (χ2v) is 6.78. The molecule has 0 unspecified atom stereocenters. The number of nitrogens with zero attached hydrogens (tertiary/aromatic N) is 3. The second-order valence-electron chi connectivity index (χ2n) is 5.91. The molecule has 1 N–H and O–H groups in total. The molecule has 26 heavy (non-hydrogen) atoms. The first kappa shape index (κ1) is 16.8. The molecule has 2 aromatic carbocycles. The highest BCUT2D eigenvalue weighted by Crippen LogP contribution is 2.29. The molecule has 4 rings (SSSR count). The Balaban J connectivity index is 1.52. The van der Waals surface area contributed by atoms with Gasteiger partial charge in [-0.15, -0.1) is 0 Å². The number of hydrogen-bond acceptors (Lipinski definition) is 4. The third-order valence-electron chi connectivity index (χ3n) is 4.14. The lowest BCUT2D eigenvalue weighted by molar-refractivity contribution is 0.0984. The number of carbonyl (C=O) groups is 1. The summed E-state index contributed by atoms with van der Waals surface area (Å²) in [5.74, 6) is 0.349. The lowest BCUT2D eigenvalue weighted by atomic mass is 10.2. The summed E-state index contributed by atoms with van der Waals surface area (Å²) in [7, 11) is 0. The number of rotatable bonds is 3. The van der Waals surface area contributed by atoms with E-state index in [1.54, 1.807) is 23.1 Å². The number of carbonyl (C=O) groups excluding carboxylic acids is 1. The van der Waals surface area contributed by atoms with Gasteiger partial charge >= 0.3 is 0 Å². The van der Waals surface area contributed by atoms with Crippen LogP contribution < -0.4 is 10.2 Å². The van der Waals surface area contributed by atoms with Crippen LogP contribution in [0.3, 0.4) is 0 Å². The number of aromatic nitrogens is 2. The zero-order chi connectivity index (χ0) is 18.1. The third kappa shape index (κ3) is 3.36. The van der Waals surface area contributed by atoms with Gasteiger partial charge in [0.25, 0.3) is 5.91 Å². The van der Waals surface area contributed by atoms with Crippen molar-refractivity contribution in [3.05, 3.63) is 76.2 Å². The number of fused-ring (bicyclic) bond motifs is 1. The van der Waals surface area contributed by atoms with E-state index in [1.165, 1.54) is 18.0 Å². The van der Waals surface area contributed by atoms with Crippen LogP contribution >= 0.6 is 23.2 Å². The first-order valence-corrected chi connectivity index (χ1v) is 8.81. The average Bonchev–Trinajstić information content (AvgIpc) is 3.05. The van der Waals surface area contributed by atoms with E-state index in [2.05, 4.69) is 15.3 Å². The van der Waals surface area contributed by atoms with Gasteiger partial charge in [-0.25, -0.2) is 9.97 Å². The van der Waals surface area contributed by atoms with E-state index in [-0.39, 0.29) is 5.91 Å². The van der Waals surface area contributed by atoms with Crippen molar-refractivity contribution < 1.29 is 4.79 Å². The van der Waals surface area contributed by atoms with Crippen molar-refractivity contribution in [3.8, 4) is 0 Å². The summed E-state index contributed by atoms with van der Waals surface area (Å²) in [5, 5.41) is 4.11. The van der Waals surface area contributed by atoms with E-state index in [0.29, 0.717) is 33.8 Å².